The van der Waals surface area contributed by atoms with Gasteiger partial charge in [0.25, 0.3) is 0 Å². The summed E-state index contributed by atoms with van der Waals surface area (Å²) in [6.45, 7) is 2.94. The minimum Gasteiger partial charge on any atom is -0.491 e. The van der Waals surface area contributed by atoms with Crippen molar-refractivity contribution in [2.45, 2.75) is 19.8 Å². The molecule has 0 radical (unpaired) electrons. The van der Waals surface area contributed by atoms with Crippen molar-refractivity contribution in [1.29, 1.82) is 0 Å². The molecule has 2 aromatic heterocycles. The summed E-state index contributed by atoms with van der Waals surface area (Å²) in [6, 6.07) is 11.3. The Bertz CT molecular complexity index is 842. The molecular formula is C19H21N3O4. The molecule has 0 atom stereocenters. The quantitative estimate of drug-likeness (QED) is 0.617. The SMILES string of the molecule is Cc1ccccc1OCCN(C)C(=O)CCc1nc(-c2ccco2)no1. The molecule has 2 heterocycles. The molecule has 0 N–H and O–H groups in total. The molecule has 0 bridgehead atoms. The zero-order valence-electron chi connectivity index (χ0n) is 14.8. The maximum Gasteiger partial charge on any atom is 0.238 e. The molecule has 1 aromatic carbocycles. The summed E-state index contributed by atoms with van der Waals surface area (Å²) >= 11 is 0. The van der Waals surface area contributed by atoms with Gasteiger partial charge in [0.2, 0.25) is 17.6 Å². The summed E-state index contributed by atoms with van der Waals surface area (Å²) < 4.78 is 16.1. The minimum atomic E-state index is -0.00358. The highest BCUT2D eigenvalue weighted by Gasteiger charge is 2.14. The van der Waals surface area contributed by atoms with E-state index in [4.69, 9.17) is 13.7 Å². The molecule has 0 aliphatic heterocycles. The normalized spacial score (nSPS) is 10.7. The first-order chi connectivity index (χ1) is 12.6. The standard InChI is InChI=1S/C19H21N3O4/c1-14-6-3-4-7-15(14)25-13-11-22(2)18(23)10-9-17-20-19(21-26-17)16-8-5-12-24-16/h3-8,12H,9-11,13H2,1-2H3. The van der Waals surface area contributed by atoms with Gasteiger partial charge >= 0.3 is 0 Å². The molecule has 136 valence electrons. The van der Waals surface area contributed by atoms with Crippen molar-refractivity contribution in [1.82, 2.24) is 15.0 Å². The van der Waals surface area contributed by atoms with Crippen LogP contribution in [0.15, 0.2) is 51.6 Å². The van der Waals surface area contributed by atoms with E-state index in [2.05, 4.69) is 10.1 Å². The number of benzene rings is 1. The van der Waals surface area contributed by atoms with Crippen LogP contribution in [0.5, 0.6) is 5.75 Å². The fourth-order valence-corrected chi connectivity index (χ4v) is 2.40. The number of nitrogens with zero attached hydrogens (tertiary/aromatic N) is 3. The summed E-state index contributed by atoms with van der Waals surface area (Å²) in [5, 5.41) is 3.85. The van der Waals surface area contributed by atoms with E-state index in [0.29, 0.717) is 43.5 Å². The van der Waals surface area contributed by atoms with E-state index in [0.717, 1.165) is 11.3 Å². The van der Waals surface area contributed by atoms with Crippen molar-refractivity contribution >= 4 is 5.91 Å². The molecule has 3 rings (SSSR count). The molecule has 1 amide bonds. The van der Waals surface area contributed by atoms with Crippen molar-refractivity contribution in [3.8, 4) is 17.3 Å². The highest BCUT2D eigenvalue weighted by molar-refractivity contribution is 5.76. The molecule has 7 nitrogen and oxygen atoms in total. The van der Waals surface area contributed by atoms with Crippen molar-refractivity contribution in [2.75, 3.05) is 20.2 Å². The molecule has 0 aliphatic rings. The molecular weight excluding hydrogens is 334 g/mol. The van der Waals surface area contributed by atoms with Gasteiger partial charge in [-0.15, -0.1) is 0 Å². The Hall–Kier alpha value is -3.09. The number of carbonyl (C=O) groups is 1. The van der Waals surface area contributed by atoms with Crippen LogP contribution in [0.25, 0.3) is 11.6 Å². The lowest BCUT2D eigenvalue weighted by Crippen LogP contribution is -2.31. The number of hydrogen-bond acceptors (Lipinski definition) is 6. The van der Waals surface area contributed by atoms with Crippen molar-refractivity contribution in [3.63, 3.8) is 0 Å². The molecule has 0 saturated heterocycles. The average molecular weight is 355 g/mol. The first kappa shape index (κ1) is 17.7. The average Bonchev–Trinajstić information content (AvgIpc) is 3.32. The number of furan rings is 1. The second-order valence-electron chi connectivity index (χ2n) is 5.92. The number of para-hydroxylation sites is 1. The van der Waals surface area contributed by atoms with Crippen LogP contribution in [-0.4, -0.2) is 41.1 Å². The minimum absolute atomic E-state index is 0.00358. The van der Waals surface area contributed by atoms with Gasteiger partial charge < -0.3 is 18.6 Å². The van der Waals surface area contributed by atoms with E-state index in [1.165, 1.54) is 0 Å². The van der Waals surface area contributed by atoms with Crippen LogP contribution in [0, 0.1) is 6.92 Å². The fraction of sp³-hybridized carbons (Fsp3) is 0.316. The first-order valence-corrected chi connectivity index (χ1v) is 8.42. The lowest BCUT2D eigenvalue weighted by atomic mass is 10.2. The van der Waals surface area contributed by atoms with Crippen LogP contribution in [0.3, 0.4) is 0 Å². The summed E-state index contributed by atoms with van der Waals surface area (Å²) in [5.74, 6) is 2.17. The van der Waals surface area contributed by atoms with Crippen LogP contribution in [0.4, 0.5) is 0 Å². The van der Waals surface area contributed by atoms with Gasteiger partial charge in [-0.3, -0.25) is 4.79 Å². The number of amides is 1. The summed E-state index contributed by atoms with van der Waals surface area (Å²) in [5.41, 5.74) is 1.07. The van der Waals surface area contributed by atoms with E-state index in [1.54, 1.807) is 30.3 Å². The molecule has 26 heavy (non-hydrogen) atoms. The van der Waals surface area contributed by atoms with Gasteiger partial charge in [-0.05, 0) is 30.7 Å². The van der Waals surface area contributed by atoms with Gasteiger partial charge in [0.1, 0.15) is 12.4 Å². The second-order valence-corrected chi connectivity index (χ2v) is 5.92. The van der Waals surface area contributed by atoms with Gasteiger partial charge in [-0.2, -0.15) is 4.98 Å². The Balaban J connectivity index is 1.42. The number of carbonyl (C=O) groups excluding carboxylic acids is 1. The van der Waals surface area contributed by atoms with Crippen LogP contribution in [-0.2, 0) is 11.2 Å². The van der Waals surface area contributed by atoms with Crippen LogP contribution in [0.1, 0.15) is 17.9 Å². The summed E-state index contributed by atoms with van der Waals surface area (Å²) in [6.07, 6.45) is 2.22. The lowest BCUT2D eigenvalue weighted by Gasteiger charge is -2.17. The van der Waals surface area contributed by atoms with Gasteiger partial charge in [0.05, 0.1) is 12.8 Å². The fourth-order valence-electron chi connectivity index (χ4n) is 2.40. The van der Waals surface area contributed by atoms with Crippen molar-refractivity contribution in [2.24, 2.45) is 0 Å². The van der Waals surface area contributed by atoms with Gasteiger partial charge in [0.15, 0.2) is 5.76 Å². The molecule has 0 aliphatic carbocycles. The predicted octanol–water partition coefficient (Wildman–Crippen LogP) is 3.11. The van der Waals surface area contributed by atoms with E-state index < -0.39 is 0 Å². The number of aromatic nitrogens is 2. The molecule has 0 spiro atoms. The smallest absolute Gasteiger partial charge is 0.238 e. The van der Waals surface area contributed by atoms with E-state index in [9.17, 15) is 4.79 Å². The Morgan fingerprint density at radius 2 is 2.08 bits per heavy atom. The zero-order chi connectivity index (χ0) is 18.4. The second kappa shape index (κ2) is 8.33. The molecule has 0 saturated carbocycles. The van der Waals surface area contributed by atoms with Gasteiger partial charge in [-0.1, -0.05) is 23.4 Å². The Labute approximate surface area is 151 Å². The van der Waals surface area contributed by atoms with Crippen LogP contribution in [0.2, 0.25) is 0 Å². The van der Waals surface area contributed by atoms with E-state index in [-0.39, 0.29) is 5.91 Å². The number of likely N-dealkylation sites (N-methyl/N-ethyl adjacent to an activating group) is 1. The largest absolute Gasteiger partial charge is 0.491 e. The number of rotatable bonds is 8. The zero-order valence-corrected chi connectivity index (χ0v) is 14.8. The molecule has 0 fully saturated rings. The topological polar surface area (TPSA) is 81.6 Å². The molecule has 3 aromatic rings. The van der Waals surface area contributed by atoms with Crippen LogP contribution >= 0.6 is 0 Å². The monoisotopic (exact) mass is 355 g/mol. The van der Waals surface area contributed by atoms with Gasteiger partial charge in [-0.25, -0.2) is 0 Å². The van der Waals surface area contributed by atoms with Gasteiger partial charge in [0, 0.05) is 19.9 Å². The third-order valence-electron chi connectivity index (χ3n) is 3.97. The van der Waals surface area contributed by atoms with Crippen LogP contribution < -0.4 is 4.74 Å². The third kappa shape index (κ3) is 4.50. The lowest BCUT2D eigenvalue weighted by molar-refractivity contribution is -0.130. The first-order valence-electron chi connectivity index (χ1n) is 8.42. The van der Waals surface area contributed by atoms with Crippen molar-refractivity contribution < 1.29 is 18.5 Å². The predicted molar refractivity (Wildman–Crippen MR) is 94.6 cm³/mol. The Morgan fingerprint density at radius 3 is 2.85 bits per heavy atom. The maximum absolute atomic E-state index is 12.2. The molecule has 0 unspecified atom stereocenters. The van der Waals surface area contributed by atoms with E-state index >= 15 is 0 Å². The van der Waals surface area contributed by atoms with E-state index in [1.807, 2.05) is 31.2 Å². The Morgan fingerprint density at radius 1 is 1.23 bits per heavy atom. The summed E-state index contributed by atoms with van der Waals surface area (Å²) in [7, 11) is 1.76. The number of hydrogen-bond donors (Lipinski definition) is 0. The highest BCUT2D eigenvalue weighted by Crippen LogP contribution is 2.17. The number of aryl methyl sites for hydroxylation is 2. The number of ether oxygens (including phenoxy) is 1. The van der Waals surface area contributed by atoms with Crippen molar-refractivity contribution in [3.05, 3.63) is 54.1 Å². The Kier molecular flexibility index (Phi) is 5.68. The highest BCUT2D eigenvalue weighted by atomic mass is 16.5. The molecule has 7 heteroatoms. The summed E-state index contributed by atoms with van der Waals surface area (Å²) in [4.78, 5) is 18.1. The third-order valence-corrected chi connectivity index (χ3v) is 3.97. The maximum atomic E-state index is 12.2.